The second-order valence-corrected chi connectivity index (χ2v) is 5.52. The summed E-state index contributed by atoms with van der Waals surface area (Å²) >= 11 is 0. The Kier molecular flexibility index (Phi) is 4.70. The van der Waals surface area contributed by atoms with E-state index >= 15 is 0 Å². The fraction of sp³-hybridized carbons (Fsp3) is 0.625. The summed E-state index contributed by atoms with van der Waals surface area (Å²) in [5.74, 6) is 1.00. The van der Waals surface area contributed by atoms with Gasteiger partial charge in [0.1, 0.15) is 5.75 Å². The van der Waals surface area contributed by atoms with Crippen molar-refractivity contribution < 1.29 is 4.74 Å². The van der Waals surface area contributed by atoms with E-state index in [4.69, 9.17) is 4.74 Å². The summed E-state index contributed by atoms with van der Waals surface area (Å²) in [6, 6.07) is 8.38. The molecule has 0 radical (unpaired) electrons. The first-order valence-electron chi connectivity index (χ1n) is 7.40. The molecule has 0 saturated carbocycles. The summed E-state index contributed by atoms with van der Waals surface area (Å²) in [7, 11) is 0. The summed E-state index contributed by atoms with van der Waals surface area (Å²) in [4.78, 5) is 2.47. The molecule has 0 amide bonds. The van der Waals surface area contributed by atoms with E-state index in [1.165, 1.54) is 12.1 Å². The Balaban J connectivity index is 2.24. The number of benzene rings is 1. The highest BCUT2D eigenvalue weighted by Gasteiger charge is 2.28. The maximum Gasteiger partial charge on any atom is 0.142 e. The Morgan fingerprint density at radius 1 is 1.32 bits per heavy atom. The zero-order valence-corrected chi connectivity index (χ0v) is 12.4. The first-order chi connectivity index (χ1) is 9.18. The molecular formula is C16H26N2O. The lowest BCUT2D eigenvalue weighted by Gasteiger charge is -2.34. The second kappa shape index (κ2) is 6.29. The Morgan fingerprint density at radius 3 is 2.84 bits per heavy atom. The van der Waals surface area contributed by atoms with Crippen molar-refractivity contribution >= 4 is 5.69 Å². The van der Waals surface area contributed by atoms with Crippen LogP contribution in [0.3, 0.4) is 0 Å². The van der Waals surface area contributed by atoms with E-state index in [0.717, 1.165) is 31.8 Å². The van der Waals surface area contributed by atoms with E-state index in [0.29, 0.717) is 6.61 Å². The van der Waals surface area contributed by atoms with Crippen LogP contribution in [0.2, 0.25) is 0 Å². The molecule has 1 aliphatic heterocycles. The highest BCUT2D eigenvalue weighted by Crippen LogP contribution is 2.30. The number of ether oxygens (including phenoxy) is 1. The minimum Gasteiger partial charge on any atom is -0.492 e. The van der Waals surface area contributed by atoms with E-state index in [9.17, 15) is 0 Å². The number of rotatable bonds is 4. The summed E-state index contributed by atoms with van der Waals surface area (Å²) in [6.07, 6.45) is 2.32. The van der Waals surface area contributed by atoms with Crippen molar-refractivity contribution in [2.24, 2.45) is 0 Å². The van der Waals surface area contributed by atoms with Crippen LogP contribution in [0.15, 0.2) is 24.3 Å². The summed E-state index contributed by atoms with van der Waals surface area (Å²) in [6.45, 7) is 10.5. The standard InChI is InChI=1S/C16H26N2O/c1-4-16(3)13-18(12-8-11-17-16)14-9-6-7-10-15(14)19-5-2/h6-7,9-10,17H,4-5,8,11-13H2,1-3H3. The predicted octanol–water partition coefficient (Wildman–Crippen LogP) is 3.05. The second-order valence-electron chi connectivity index (χ2n) is 5.52. The van der Waals surface area contributed by atoms with Crippen molar-refractivity contribution in [3.63, 3.8) is 0 Å². The van der Waals surface area contributed by atoms with E-state index < -0.39 is 0 Å². The summed E-state index contributed by atoms with van der Waals surface area (Å²) in [5.41, 5.74) is 1.42. The molecule has 1 saturated heterocycles. The monoisotopic (exact) mass is 262 g/mol. The lowest BCUT2D eigenvalue weighted by Crippen LogP contribution is -2.48. The Hall–Kier alpha value is -1.22. The Bertz CT molecular complexity index is 407. The van der Waals surface area contributed by atoms with E-state index in [1.54, 1.807) is 0 Å². The van der Waals surface area contributed by atoms with Gasteiger partial charge in [0.15, 0.2) is 0 Å². The van der Waals surface area contributed by atoms with Crippen LogP contribution in [0.5, 0.6) is 5.75 Å². The third-order valence-corrected chi connectivity index (χ3v) is 3.98. The molecular weight excluding hydrogens is 236 g/mol. The average molecular weight is 262 g/mol. The largest absolute Gasteiger partial charge is 0.492 e. The van der Waals surface area contributed by atoms with Gasteiger partial charge < -0.3 is 15.0 Å². The van der Waals surface area contributed by atoms with Crippen LogP contribution in [0.25, 0.3) is 0 Å². The van der Waals surface area contributed by atoms with Gasteiger partial charge in [0.25, 0.3) is 0 Å². The van der Waals surface area contributed by atoms with Crippen molar-refractivity contribution in [1.29, 1.82) is 0 Å². The topological polar surface area (TPSA) is 24.5 Å². The van der Waals surface area contributed by atoms with Crippen molar-refractivity contribution in [3.05, 3.63) is 24.3 Å². The van der Waals surface area contributed by atoms with Gasteiger partial charge in [-0.2, -0.15) is 0 Å². The highest BCUT2D eigenvalue weighted by atomic mass is 16.5. The minimum atomic E-state index is 0.190. The normalized spacial score (nSPS) is 24.1. The van der Waals surface area contributed by atoms with Gasteiger partial charge in [-0.15, -0.1) is 0 Å². The molecule has 1 aromatic rings. The lowest BCUT2D eigenvalue weighted by molar-refractivity contribution is 0.337. The molecule has 1 fully saturated rings. The van der Waals surface area contributed by atoms with Crippen LogP contribution < -0.4 is 15.0 Å². The summed E-state index contributed by atoms with van der Waals surface area (Å²) in [5, 5.41) is 3.68. The van der Waals surface area contributed by atoms with Gasteiger partial charge in [-0.3, -0.25) is 0 Å². The van der Waals surface area contributed by atoms with Gasteiger partial charge >= 0.3 is 0 Å². The third-order valence-electron chi connectivity index (χ3n) is 3.98. The molecule has 1 heterocycles. The molecule has 2 rings (SSSR count). The number of hydrogen-bond acceptors (Lipinski definition) is 3. The van der Waals surface area contributed by atoms with Crippen LogP contribution in [-0.4, -0.2) is 31.8 Å². The van der Waals surface area contributed by atoms with E-state index in [2.05, 4.69) is 42.3 Å². The highest BCUT2D eigenvalue weighted by molar-refractivity contribution is 5.58. The molecule has 19 heavy (non-hydrogen) atoms. The molecule has 1 aliphatic rings. The summed E-state index contributed by atoms with van der Waals surface area (Å²) < 4.78 is 5.77. The first kappa shape index (κ1) is 14.2. The molecule has 0 spiro atoms. The zero-order chi connectivity index (χ0) is 13.7. The number of anilines is 1. The van der Waals surface area contributed by atoms with Crippen LogP contribution >= 0.6 is 0 Å². The number of nitrogens with one attached hydrogen (secondary N) is 1. The molecule has 0 aliphatic carbocycles. The quantitative estimate of drug-likeness (QED) is 0.902. The van der Waals surface area contributed by atoms with Crippen LogP contribution in [-0.2, 0) is 0 Å². The molecule has 3 nitrogen and oxygen atoms in total. The van der Waals surface area contributed by atoms with Gasteiger partial charge in [-0.05, 0) is 45.4 Å². The predicted molar refractivity (Wildman–Crippen MR) is 81.1 cm³/mol. The van der Waals surface area contributed by atoms with Gasteiger partial charge in [-0.1, -0.05) is 19.1 Å². The molecule has 0 bridgehead atoms. The van der Waals surface area contributed by atoms with Gasteiger partial charge in [0, 0.05) is 18.6 Å². The molecule has 0 aromatic heterocycles. The van der Waals surface area contributed by atoms with Crippen molar-refractivity contribution in [2.75, 3.05) is 31.1 Å². The maximum atomic E-state index is 5.77. The van der Waals surface area contributed by atoms with Crippen molar-refractivity contribution in [3.8, 4) is 5.75 Å². The maximum absolute atomic E-state index is 5.77. The smallest absolute Gasteiger partial charge is 0.142 e. The third kappa shape index (κ3) is 3.41. The van der Waals surface area contributed by atoms with Gasteiger partial charge in [0.2, 0.25) is 0 Å². The van der Waals surface area contributed by atoms with Crippen LogP contribution in [0.1, 0.15) is 33.6 Å². The van der Waals surface area contributed by atoms with Crippen molar-refractivity contribution in [1.82, 2.24) is 5.32 Å². The van der Waals surface area contributed by atoms with Crippen LogP contribution in [0, 0.1) is 0 Å². The molecule has 1 aromatic carbocycles. The Labute approximate surface area is 116 Å². The van der Waals surface area contributed by atoms with E-state index in [-0.39, 0.29) is 5.54 Å². The zero-order valence-electron chi connectivity index (χ0n) is 12.4. The van der Waals surface area contributed by atoms with Gasteiger partial charge in [0.05, 0.1) is 12.3 Å². The lowest BCUT2D eigenvalue weighted by atomic mass is 9.98. The molecule has 3 heteroatoms. The van der Waals surface area contributed by atoms with Crippen molar-refractivity contribution in [2.45, 2.75) is 39.2 Å². The van der Waals surface area contributed by atoms with E-state index in [1.807, 2.05) is 13.0 Å². The Morgan fingerprint density at radius 2 is 2.11 bits per heavy atom. The number of hydrogen-bond donors (Lipinski definition) is 1. The molecule has 1 unspecified atom stereocenters. The van der Waals surface area contributed by atoms with Gasteiger partial charge in [-0.25, -0.2) is 0 Å². The average Bonchev–Trinajstić information content (AvgIpc) is 2.63. The molecule has 1 N–H and O–H groups in total. The molecule has 106 valence electrons. The molecule has 1 atom stereocenters. The number of nitrogens with zero attached hydrogens (tertiary/aromatic N) is 1. The van der Waals surface area contributed by atoms with Crippen LogP contribution in [0.4, 0.5) is 5.69 Å². The SMILES string of the molecule is CCOc1ccccc1N1CCCNC(C)(CC)C1. The fourth-order valence-electron chi connectivity index (χ4n) is 2.65. The number of para-hydroxylation sites is 2. The fourth-order valence-corrected chi connectivity index (χ4v) is 2.65. The first-order valence-corrected chi connectivity index (χ1v) is 7.40. The minimum absolute atomic E-state index is 0.190.